The van der Waals surface area contributed by atoms with Crippen molar-refractivity contribution in [2.24, 2.45) is 0 Å². The van der Waals surface area contributed by atoms with E-state index in [4.69, 9.17) is 0 Å². The van der Waals surface area contributed by atoms with Crippen molar-refractivity contribution in [3.05, 3.63) is 58.7 Å². The smallest absolute Gasteiger partial charge is 0.261 e. The molecule has 6 heteroatoms. The molecule has 2 aromatic carbocycles. The first-order valence-electron chi connectivity index (χ1n) is 9.28. The molecular formula is C21H26N2O3S. The number of aryl methyl sites for hydroxylation is 3. The molecular weight excluding hydrogens is 360 g/mol. The highest BCUT2D eigenvalue weighted by atomic mass is 32.2. The van der Waals surface area contributed by atoms with Gasteiger partial charge in [-0.2, -0.15) is 0 Å². The standard InChI is InChI=1S/C21H26N2O3S/c1-15-7-10-20(17(3)13-15)22-27(25,26)18-9-8-16(2)19(14-18)21(24)23-11-5-4-6-12-23/h7-10,13-14,22H,4-6,11-12H2,1-3H3. The molecule has 2 aromatic rings. The van der Waals surface area contributed by atoms with Gasteiger partial charge in [0.05, 0.1) is 10.6 Å². The lowest BCUT2D eigenvalue weighted by Gasteiger charge is -2.27. The van der Waals surface area contributed by atoms with Crippen LogP contribution in [-0.4, -0.2) is 32.3 Å². The second-order valence-corrected chi connectivity index (χ2v) is 8.94. The number of anilines is 1. The van der Waals surface area contributed by atoms with E-state index in [1.165, 1.54) is 6.07 Å². The molecule has 27 heavy (non-hydrogen) atoms. The Morgan fingerprint density at radius 2 is 1.63 bits per heavy atom. The number of hydrogen-bond acceptors (Lipinski definition) is 3. The van der Waals surface area contributed by atoms with Gasteiger partial charge in [-0.3, -0.25) is 9.52 Å². The number of sulfonamides is 1. The summed E-state index contributed by atoms with van der Waals surface area (Å²) in [6.45, 7) is 7.13. The highest BCUT2D eigenvalue weighted by Gasteiger charge is 2.23. The number of piperidine rings is 1. The summed E-state index contributed by atoms with van der Waals surface area (Å²) in [6.07, 6.45) is 3.13. The third-order valence-electron chi connectivity index (χ3n) is 5.02. The van der Waals surface area contributed by atoms with E-state index in [0.29, 0.717) is 11.3 Å². The average molecular weight is 387 g/mol. The van der Waals surface area contributed by atoms with Gasteiger partial charge in [0.1, 0.15) is 0 Å². The molecule has 1 fully saturated rings. The number of nitrogens with one attached hydrogen (secondary N) is 1. The Bertz CT molecular complexity index is 961. The molecule has 0 unspecified atom stereocenters. The van der Waals surface area contributed by atoms with Gasteiger partial charge in [0.2, 0.25) is 0 Å². The molecule has 1 heterocycles. The van der Waals surface area contributed by atoms with Crippen molar-refractivity contribution in [3.63, 3.8) is 0 Å². The average Bonchev–Trinajstić information content (AvgIpc) is 2.64. The van der Waals surface area contributed by atoms with Gasteiger partial charge >= 0.3 is 0 Å². The van der Waals surface area contributed by atoms with E-state index < -0.39 is 10.0 Å². The van der Waals surface area contributed by atoms with Gasteiger partial charge in [0, 0.05) is 18.7 Å². The van der Waals surface area contributed by atoms with Gasteiger partial charge in [-0.15, -0.1) is 0 Å². The summed E-state index contributed by atoms with van der Waals surface area (Å²) in [5.41, 5.74) is 3.72. The maximum absolute atomic E-state index is 12.9. The third-order valence-corrected chi connectivity index (χ3v) is 6.38. The highest BCUT2D eigenvalue weighted by Crippen LogP contribution is 2.23. The molecule has 0 atom stereocenters. The maximum atomic E-state index is 12.9. The minimum absolute atomic E-state index is 0.0873. The molecule has 1 saturated heterocycles. The van der Waals surface area contributed by atoms with Crippen LogP contribution in [0.25, 0.3) is 0 Å². The van der Waals surface area contributed by atoms with Crippen molar-refractivity contribution in [3.8, 4) is 0 Å². The van der Waals surface area contributed by atoms with Gasteiger partial charge in [0.25, 0.3) is 15.9 Å². The van der Waals surface area contributed by atoms with Gasteiger partial charge in [-0.1, -0.05) is 23.8 Å². The van der Waals surface area contributed by atoms with Crippen LogP contribution in [0, 0.1) is 20.8 Å². The van der Waals surface area contributed by atoms with Gasteiger partial charge in [0.15, 0.2) is 0 Å². The Balaban J connectivity index is 1.90. The number of nitrogens with zero attached hydrogens (tertiary/aromatic N) is 1. The van der Waals surface area contributed by atoms with E-state index in [0.717, 1.165) is 49.0 Å². The fourth-order valence-corrected chi connectivity index (χ4v) is 4.55. The number of benzene rings is 2. The molecule has 0 radical (unpaired) electrons. The van der Waals surface area contributed by atoms with Gasteiger partial charge < -0.3 is 4.90 Å². The Morgan fingerprint density at radius 3 is 2.30 bits per heavy atom. The van der Waals surface area contributed by atoms with Crippen LogP contribution >= 0.6 is 0 Å². The first-order valence-corrected chi connectivity index (χ1v) is 10.8. The van der Waals surface area contributed by atoms with Gasteiger partial charge in [-0.05, 0) is 69.4 Å². The van der Waals surface area contributed by atoms with Crippen molar-refractivity contribution < 1.29 is 13.2 Å². The summed E-state index contributed by atoms with van der Waals surface area (Å²) in [6, 6.07) is 10.3. The lowest BCUT2D eigenvalue weighted by molar-refractivity contribution is 0.0723. The fraction of sp³-hybridized carbons (Fsp3) is 0.381. The fourth-order valence-electron chi connectivity index (χ4n) is 3.40. The summed E-state index contributed by atoms with van der Waals surface area (Å²) in [5.74, 6) is -0.0873. The number of amides is 1. The van der Waals surface area contributed by atoms with Crippen molar-refractivity contribution in [1.82, 2.24) is 4.90 Å². The Hall–Kier alpha value is -2.34. The monoisotopic (exact) mass is 386 g/mol. The summed E-state index contributed by atoms with van der Waals surface area (Å²) >= 11 is 0. The SMILES string of the molecule is Cc1ccc(NS(=O)(=O)c2ccc(C)c(C(=O)N3CCCCC3)c2)c(C)c1. The minimum atomic E-state index is -3.77. The molecule has 144 valence electrons. The van der Waals surface area contributed by atoms with Crippen LogP contribution in [0.5, 0.6) is 0 Å². The Kier molecular flexibility index (Phi) is 5.56. The minimum Gasteiger partial charge on any atom is -0.339 e. The number of likely N-dealkylation sites (tertiary alicyclic amines) is 1. The molecule has 1 aliphatic rings. The summed E-state index contributed by atoms with van der Waals surface area (Å²) in [7, 11) is -3.77. The van der Waals surface area contributed by atoms with E-state index in [1.807, 2.05) is 37.8 Å². The molecule has 1 aliphatic heterocycles. The lowest BCUT2D eigenvalue weighted by Crippen LogP contribution is -2.36. The predicted molar refractivity (Wildman–Crippen MR) is 108 cm³/mol. The molecule has 5 nitrogen and oxygen atoms in total. The molecule has 0 aromatic heterocycles. The Labute approximate surface area is 161 Å². The molecule has 0 spiro atoms. The van der Waals surface area contributed by atoms with Crippen LogP contribution in [0.15, 0.2) is 41.3 Å². The highest BCUT2D eigenvalue weighted by molar-refractivity contribution is 7.92. The van der Waals surface area contributed by atoms with Crippen molar-refractivity contribution in [2.45, 2.75) is 44.9 Å². The van der Waals surface area contributed by atoms with Gasteiger partial charge in [-0.25, -0.2) is 8.42 Å². The first-order chi connectivity index (χ1) is 12.8. The number of rotatable bonds is 4. The quantitative estimate of drug-likeness (QED) is 0.862. The summed E-state index contributed by atoms with van der Waals surface area (Å²) in [5, 5.41) is 0. The molecule has 0 bridgehead atoms. The second kappa shape index (κ2) is 7.72. The maximum Gasteiger partial charge on any atom is 0.261 e. The van der Waals surface area contributed by atoms with Crippen LogP contribution in [0.1, 0.15) is 46.3 Å². The molecule has 0 aliphatic carbocycles. The predicted octanol–water partition coefficient (Wildman–Crippen LogP) is 4.04. The van der Waals surface area contributed by atoms with Crippen molar-refractivity contribution in [1.29, 1.82) is 0 Å². The number of carbonyl (C=O) groups excluding carboxylic acids is 1. The van der Waals surface area contributed by atoms with Crippen molar-refractivity contribution >= 4 is 21.6 Å². The zero-order chi connectivity index (χ0) is 19.6. The van der Waals surface area contributed by atoms with Crippen molar-refractivity contribution in [2.75, 3.05) is 17.8 Å². The van der Waals surface area contributed by atoms with Crippen LogP contribution < -0.4 is 4.72 Å². The molecule has 3 rings (SSSR count). The normalized spacial score (nSPS) is 14.9. The largest absolute Gasteiger partial charge is 0.339 e. The van der Waals surface area contributed by atoms with E-state index in [2.05, 4.69) is 4.72 Å². The lowest BCUT2D eigenvalue weighted by atomic mass is 10.1. The Morgan fingerprint density at radius 1 is 0.926 bits per heavy atom. The zero-order valence-corrected chi connectivity index (χ0v) is 16.9. The van der Waals surface area contributed by atoms with Crippen LogP contribution in [0.2, 0.25) is 0 Å². The third kappa shape index (κ3) is 4.33. The number of carbonyl (C=O) groups is 1. The topological polar surface area (TPSA) is 66.5 Å². The summed E-state index contributed by atoms with van der Waals surface area (Å²) < 4.78 is 28.4. The van der Waals surface area contributed by atoms with Crippen LogP contribution in [0.4, 0.5) is 5.69 Å². The molecule has 1 amide bonds. The number of hydrogen-bond donors (Lipinski definition) is 1. The first kappa shape index (κ1) is 19.4. The second-order valence-electron chi connectivity index (χ2n) is 7.25. The molecule has 0 saturated carbocycles. The summed E-state index contributed by atoms with van der Waals surface area (Å²) in [4.78, 5) is 14.8. The van der Waals surface area contributed by atoms with E-state index >= 15 is 0 Å². The zero-order valence-electron chi connectivity index (χ0n) is 16.1. The van der Waals surface area contributed by atoms with E-state index in [9.17, 15) is 13.2 Å². The van der Waals surface area contributed by atoms with E-state index in [-0.39, 0.29) is 10.8 Å². The van der Waals surface area contributed by atoms with E-state index in [1.54, 1.807) is 18.2 Å². The van der Waals surface area contributed by atoms with Crippen LogP contribution in [-0.2, 0) is 10.0 Å². The molecule has 1 N–H and O–H groups in total. The van der Waals surface area contributed by atoms with Crippen LogP contribution in [0.3, 0.4) is 0 Å².